The molecular weight excluding hydrogens is 218 g/mol. The summed E-state index contributed by atoms with van der Waals surface area (Å²) in [5, 5.41) is 12.7. The second-order valence-electron chi connectivity index (χ2n) is 4.78. The van der Waals surface area contributed by atoms with Crippen LogP contribution in [0.4, 0.5) is 5.82 Å². The van der Waals surface area contributed by atoms with Gasteiger partial charge in [0.2, 0.25) is 0 Å². The van der Waals surface area contributed by atoms with Crippen LogP contribution in [0, 0.1) is 12.8 Å². The van der Waals surface area contributed by atoms with Gasteiger partial charge in [-0.2, -0.15) is 0 Å². The molecule has 3 N–H and O–H groups in total. The van der Waals surface area contributed by atoms with E-state index in [-0.39, 0.29) is 11.7 Å². The number of aromatic nitrogens is 2. The van der Waals surface area contributed by atoms with Crippen LogP contribution in [0.15, 0.2) is 10.9 Å². The third-order valence-electron chi connectivity index (χ3n) is 3.19. The molecule has 5 nitrogen and oxygen atoms in total. The third-order valence-corrected chi connectivity index (χ3v) is 3.19. The van der Waals surface area contributed by atoms with Crippen molar-refractivity contribution in [3.05, 3.63) is 22.2 Å². The molecule has 2 unspecified atom stereocenters. The zero-order valence-electron chi connectivity index (χ0n) is 10.1. The molecule has 5 heteroatoms. The summed E-state index contributed by atoms with van der Waals surface area (Å²) in [5.41, 5.74) is -0.135. The number of nitrogens with zero attached hydrogens (tertiary/aromatic N) is 1. The van der Waals surface area contributed by atoms with Crippen LogP contribution in [0.1, 0.15) is 31.5 Å². The number of aliphatic hydroxyl groups excluding tert-OH is 1. The van der Waals surface area contributed by atoms with Crippen LogP contribution in [0.5, 0.6) is 0 Å². The number of hydrogen-bond acceptors (Lipinski definition) is 4. The molecule has 0 radical (unpaired) electrons. The van der Waals surface area contributed by atoms with E-state index in [0.29, 0.717) is 17.6 Å². The van der Waals surface area contributed by atoms with Crippen molar-refractivity contribution in [1.29, 1.82) is 0 Å². The molecule has 0 spiro atoms. The van der Waals surface area contributed by atoms with Gasteiger partial charge in [-0.05, 0) is 32.1 Å². The molecule has 94 valence electrons. The smallest absolute Gasteiger partial charge is 0.252 e. The van der Waals surface area contributed by atoms with Gasteiger partial charge in [-0.25, -0.2) is 4.98 Å². The van der Waals surface area contributed by atoms with Gasteiger partial charge in [0.05, 0.1) is 6.10 Å². The van der Waals surface area contributed by atoms with E-state index in [2.05, 4.69) is 15.3 Å². The maximum Gasteiger partial charge on any atom is 0.252 e. The van der Waals surface area contributed by atoms with E-state index in [1.54, 1.807) is 6.92 Å². The molecule has 0 aromatic carbocycles. The molecule has 0 amide bonds. The van der Waals surface area contributed by atoms with Gasteiger partial charge in [0.25, 0.3) is 5.56 Å². The highest BCUT2D eigenvalue weighted by Crippen LogP contribution is 2.24. The molecule has 1 heterocycles. The predicted molar refractivity (Wildman–Crippen MR) is 66.0 cm³/mol. The lowest BCUT2D eigenvalue weighted by Crippen LogP contribution is -2.25. The molecule has 1 aliphatic carbocycles. The Morgan fingerprint density at radius 1 is 1.59 bits per heavy atom. The monoisotopic (exact) mass is 237 g/mol. The Morgan fingerprint density at radius 2 is 2.41 bits per heavy atom. The highest BCUT2D eigenvalue weighted by Gasteiger charge is 2.19. The Kier molecular flexibility index (Phi) is 3.78. The van der Waals surface area contributed by atoms with Crippen molar-refractivity contribution in [2.75, 3.05) is 11.9 Å². The van der Waals surface area contributed by atoms with E-state index in [1.807, 2.05) is 0 Å². The molecule has 17 heavy (non-hydrogen) atoms. The Hall–Kier alpha value is -1.36. The van der Waals surface area contributed by atoms with Gasteiger partial charge >= 0.3 is 0 Å². The lowest BCUT2D eigenvalue weighted by atomic mass is 9.87. The average molecular weight is 237 g/mol. The van der Waals surface area contributed by atoms with Gasteiger partial charge in [0.1, 0.15) is 11.6 Å². The Bertz CT molecular complexity index is 430. The number of aliphatic hydroxyl groups is 1. The summed E-state index contributed by atoms with van der Waals surface area (Å²) >= 11 is 0. The average Bonchev–Trinajstić information content (AvgIpc) is 2.25. The minimum absolute atomic E-state index is 0.135. The van der Waals surface area contributed by atoms with Crippen molar-refractivity contribution < 1.29 is 5.11 Å². The van der Waals surface area contributed by atoms with Crippen LogP contribution in [0.25, 0.3) is 0 Å². The van der Waals surface area contributed by atoms with Crippen molar-refractivity contribution in [2.45, 2.75) is 38.7 Å². The molecule has 1 aliphatic rings. The first kappa shape index (κ1) is 12.1. The first-order valence-corrected chi connectivity index (χ1v) is 6.13. The molecule has 1 saturated carbocycles. The Morgan fingerprint density at radius 3 is 3.12 bits per heavy atom. The van der Waals surface area contributed by atoms with Crippen molar-refractivity contribution in [3.8, 4) is 0 Å². The first-order chi connectivity index (χ1) is 8.13. The minimum Gasteiger partial charge on any atom is -0.393 e. The quantitative estimate of drug-likeness (QED) is 0.734. The fourth-order valence-electron chi connectivity index (χ4n) is 2.37. The SMILES string of the molecule is Cc1nc(NCC2CCCC(O)C2)cc(=O)[nH]1. The van der Waals surface area contributed by atoms with Crippen molar-refractivity contribution in [3.63, 3.8) is 0 Å². The summed E-state index contributed by atoms with van der Waals surface area (Å²) < 4.78 is 0. The van der Waals surface area contributed by atoms with Crippen LogP contribution in [0.3, 0.4) is 0 Å². The van der Waals surface area contributed by atoms with Crippen LogP contribution in [-0.2, 0) is 0 Å². The number of H-pyrrole nitrogens is 1. The standard InChI is InChI=1S/C12H19N3O2/c1-8-14-11(6-12(17)15-8)13-7-9-3-2-4-10(16)5-9/h6,9-10,16H,2-5,7H2,1H3,(H2,13,14,15,17). The van der Waals surface area contributed by atoms with Gasteiger partial charge in [-0.1, -0.05) is 6.42 Å². The highest BCUT2D eigenvalue weighted by molar-refractivity contribution is 5.32. The third kappa shape index (κ3) is 3.56. The molecule has 2 rings (SSSR count). The summed E-state index contributed by atoms with van der Waals surface area (Å²) in [6.07, 6.45) is 3.81. The Balaban J connectivity index is 1.90. The number of rotatable bonds is 3. The minimum atomic E-state index is -0.163. The fourth-order valence-corrected chi connectivity index (χ4v) is 2.37. The van der Waals surface area contributed by atoms with Crippen molar-refractivity contribution >= 4 is 5.82 Å². The van der Waals surface area contributed by atoms with Crippen LogP contribution < -0.4 is 10.9 Å². The van der Waals surface area contributed by atoms with Gasteiger partial charge in [0.15, 0.2) is 0 Å². The lowest BCUT2D eigenvalue weighted by molar-refractivity contribution is 0.104. The molecule has 0 aliphatic heterocycles. The molecule has 0 bridgehead atoms. The zero-order chi connectivity index (χ0) is 12.3. The van der Waals surface area contributed by atoms with Gasteiger partial charge in [-0.15, -0.1) is 0 Å². The summed E-state index contributed by atoms with van der Waals surface area (Å²) in [7, 11) is 0. The van der Waals surface area contributed by atoms with Crippen molar-refractivity contribution in [1.82, 2.24) is 9.97 Å². The fraction of sp³-hybridized carbons (Fsp3) is 0.667. The van der Waals surface area contributed by atoms with Gasteiger partial charge < -0.3 is 15.4 Å². The molecular formula is C12H19N3O2. The number of aromatic amines is 1. The van der Waals surface area contributed by atoms with Gasteiger partial charge in [0, 0.05) is 12.6 Å². The summed E-state index contributed by atoms with van der Waals surface area (Å²) in [6, 6.07) is 1.46. The molecule has 2 atom stereocenters. The van der Waals surface area contributed by atoms with Crippen molar-refractivity contribution in [2.24, 2.45) is 5.92 Å². The number of aryl methyl sites for hydroxylation is 1. The second kappa shape index (κ2) is 5.31. The maximum atomic E-state index is 11.2. The van der Waals surface area contributed by atoms with Crippen LogP contribution in [0.2, 0.25) is 0 Å². The van der Waals surface area contributed by atoms with E-state index in [0.717, 1.165) is 32.2 Å². The molecule has 1 aromatic heterocycles. The second-order valence-corrected chi connectivity index (χ2v) is 4.78. The topological polar surface area (TPSA) is 78.0 Å². The molecule has 0 saturated heterocycles. The lowest BCUT2D eigenvalue weighted by Gasteiger charge is -2.26. The zero-order valence-corrected chi connectivity index (χ0v) is 10.1. The van der Waals surface area contributed by atoms with E-state index >= 15 is 0 Å². The number of anilines is 1. The van der Waals surface area contributed by atoms with Crippen LogP contribution >= 0.6 is 0 Å². The number of hydrogen-bond donors (Lipinski definition) is 3. The largest absolute Gasteiger partial charge is 0.393 e. The Labute approximate surface area is 100 Å². The summed E-state index contributed by atoms with van der Waals surface area (Å²) in [6.45, 7) is 2.53. The van der Waals surface area contributed by atoms with E-state index < -0.39 is 0 Å². The summed E-state index contributed by atoms with van der Waals surface area (Å²) in [4.78, 5) is 18.1. The summed E-state index contributed by atoms with van der Waals surface area (Å²) in [5.74, 6) is 1.70. The van der Waals surface area contributed by atoms with E-state index in [1.165, 1.54) is 6.07 Å². The molecule has 1 fully saturated rings. The number of nitrogens with one attached hydrogen (secondary N) is 2. The highest BCUT2D eigenvalue weighted by atomic mass is 16.3. The van der Waals surface area contributed by atoms with E-state index in [9.17, 15) is 9.90 Å². The predicted octanol–water partition coefficient (Wildman–Crippen LogP) is 1.04. The maximum absolute atomic E-state index is 11.2. The van der Waals surface area contributed by atoms with E-state index in [4.69, 9.17) is 0 Å². The first-order valence-electron chi connectivity index (χ1n) is 6.13. The molecule has 1 aromatic rings. The van der Waals surface area contributed by atoms with Gasteiger partial charge in [-0.3, -0.25) is 4.79 Å². The normalized spacial score (nSPS) is 24.6. The van der Waals surface area contributed by atoms with Crippen LogP contribution in [-0.4, -0.2) is 27.7 Å².